The van der Waals surface area contributed by atoms with E-state index < -0.39 is 0 Å². The fourth-order valence-electron chi connectivity index (χ4n) is 1.31. The van der Waals surface area contributed by atoms with E-state index >= 15 is 0 Å². The van der Waals surface area contributed by atoms with Gasteiger partial charge in [0.1, 0.15) is 0 Å². The van der Waals surface area contributed by atoms with Gasteiger partial charge in [0.2, 0.25) is 0 Å². The van der Waals surface area contributed by atoms with Crippen molar-refractivity contribution < 1.29 is 0 Å². The van der Waals surface area contributed by atoms with Crippen LogP contribution in [-0.4, -0.2) is 0 Å². The van der Waals surface area contributed by atoms with Crippen LogP contribution in [0.5, 0.6) is 0 Å². The van der Waals surface area contributed by atoms with E-state index in [1.165, 1.54) is 19.3 Å². The van der Waals surface area contributed by atoms with Crippen LogP contribution in [-0.2, 0) is 0 Å². The van der Waals surface area contributed by atoms with Gasteiger partial charge in [0.25, 0.3) is 0 Å². The zero-order valence-electron chi connectivity index (χ0n) is 8.73. The Morgan fingerprint density at radius 2 is 1.36 bits per heavy atom. The first-order valence-electron chi connectivity index (χ1n) is 5.45. The summed E-state index contributed by atoms with van der Waals surface area (Å²) in [6.07, 6.45) is 25.5. The molecule has 0 spiro atoms. The van der Waals surface area contributed by atoms with Crippen molar-refractivity contribution in [3.63, 3.8) is 0 Å². The van der Waals surface area contributed by atoms with Crippen molar-refractivity contribution in [1.82, 2.24) is 0 Å². The molecule has 0 fully saturated rings. The lowest BCUT2D eigenvalue weighted by atomic mass is 10.2. The quantitative estimate of drug-likeness (QED) is 0.494. The fraction of sp³-hybridized carbons (Fsp3) is 0.357. The second-order valence-electron chi connectivity index (χ2n) is 3.39. The summed E-state index contributed by atoms with van der Waals surface area (Å²) in [7, 11) is 0. The SMILES string of the molecule is [CH]1/C=C/CCC/C=C\C/C=C\C=C\C1. The van der Waals surface area contributed by atoms with Crippen molar-refractivity contribution in [2.24, 2.45) is 0 Å². The standard InChI is InChI=1S/C14H19/c1-2-4-6-8-10-12-14-13-11-9-7-5-3-1/h1-4,7-11H,5-6,12-14H2/b3-1+,4-2-,10-8-,11-9+. The maximum atomic E-state index is 2.28. The van der Waals surface area contributed by atoms with E-state index in [1.54, 1.807) is 0 Å². The largest absolute Gasteiger partial charge is 0.0882 e. The first-order chi connectivity index (χ1) is 7.00. The third-order valence-corrected chi connectivity index (χ3v) is 2.11. The second kappa shape index (κ2) is 8.55. The van der Waals surface area contributed by atoms with Crippen LogP contribution in [0, 0.1) is 6.42 Å². The monoisotopic (exact) mass is 187 g/mol. The molecule has 0 nitrogen and oxygen atoms in total. The molecule has 75 valence electrons. The lowest BCUT2D eigenvalue weighted by molar-refractivity contribution is 0.865. The number of allylic oxidation sites excluding steroid dienone is 8. The van der Waals surface area contributed by atoms with Crippen LogP contribution in [0.25, 0.3) is 0 Å². The molecule has 0 aromatic rings. The van der Waals surface area contributed by atoms with Gasteiger partial charge in [-0.25, -0.2) is 0 Å². The molecule has 1 aliphatic carbocycles. The molecule has 0 bridgehead atoms. The van der Waals surface area contributed by atoms with Crippen LogP contribution in [0.4, 0.5) is 0 Å². The van der Waals surface area contributed by atoms with Crippen LogP contribution in [0.1, 0.15) is 32.1 Å². The van der Waals surface area contributed by atoms with E-state index in [-0.39, 0.29) is 0 Å². The number of hydrogen-bond donors (Lipinski definition) is 0. The van der Waals surface area contributed by atoms with Crippen molar-refractivity contribution in [3.05, 3.63) is 55.0 Å². The molecule has 1 aliphatic rings. The molecular formula is C14H19. The highest BCUT2D eigenvalue weighted by Crippen LogP contribution is 2.01. The molecule has 1 radical (unpaired) electrons. The first kappa shape index (κ1) is 11.0. The van der Waals surface area contributed by atoms with Gasteiger partial charge in [0, 0.05) is 0 Å². The highest BCUT2D eigenvalue weighted by Gasteiger charge is 1.82. The molecule has 0 N–H and O–H groups in total. The van der Waals surface area contributed by atoms with Gasteiger partial charge in [0.05, 0.1) is 0 Å². The zero-order chi connectivity index (χ0) is 9.90. The van der Waals surface area contributed by atoms with Gasteiger partial charge in [-0.05, 0) is 38.5 Å². The summed E-state index contributed by atoms with van der Waals surface area (Å²) in [4.78, 5) is 0. The molecule has 0 aromatic carbocycles. The third kappa shape index (κ3) is 6.47. The predicted octanol–water partition coefficient (Wildman–Crippen LogP) is 4.38. The Labute approximate surface area is 87.7 Å². The lowest BCUT2D eigenvalue weighted by Gasteiger charge is -1.91. The summed E-state index contributed by atoms with van der Waals surface area (Å²) in [6, 6.07) is 0. The topological polar surface area (TPSA) is 0 Å². The summed E-state index contributed by atoms with van der Waals surface area (Å²) in [6.45, 7) is 0. The van der Waals surface area contributed by atoms with E-state index in [9.17, 15) is 0 Å². The molecule has 0 heterocycles. The molecule has 0 amide bonds. The molecule has 0 atom stereocenters. The fourth-order valence-corrected chi connectivity index (χ4v) is 1.31. The van der Waals surface area contributed by atoms with Crippen LogP contribution < -0.4 is 0 Å². The van der Waals surface area contributed by atoms with E-state index in [4.69, 9.17) is 0 Å². The Hall–Kier alpha value is -1.04. The van der Waals surface area contributed by atoms with Crippen molar-refractivity contribution >= 4 is 0 Å². The van der Waals surface area contributed by atoms with Crippen molar-refractivity contribution in [3.8, 4) is 0 Å². The molecule has 0 saturated carbocycles. The lowest BCUT2D eigenvalue weighted by Crippen LogP contribution is -1.72. The molecular weight excluding hydrogens is 168 g/mol. The van der Waals surface area contributed by atoms with Crippen molar-refractivity contribution in [1.29, 1.82) is 0 Å². The molecule has 0 unspecified atom stereocenters. The molecule has 0 aromatic heterocycles. The minimum Gasteiger partial charge on any atom is -0.0882 e. The van der Waals surface area contributed by atoms with Crippen molar-refractivity contribution in [2.75, 3.05) is 0 Å². The Kier molecular flexibility index (Phi) is 6.74. The van der Waals surface area contributed by atoms with E-state index in [0.717, 1.165) is 12.8 Å². The number of hydrogen-bond acceptors (Lipinski definition) is 0. The van der Waals surface area contributed by atoms with Gasteiger partial charge in [-0.3, -0.25) is 0 Å². The maximum absolute atomic E-state index is 2.28. The first-order valence-corrected chi connectivity index (χ1v) is 5.45. The summed E-state index contributed by atoms with van der Waals surface area (Å²) in [5.74, 6) is 0. The molecule has 14 heavy (non-hydrogen) atoms. The Balaban J connectivity index is 2.35. The maximum Gasteiger partial charge on any atom is -0.0133 e. The minimum atomic E-state index is 1.04. The van der Waals surface area contributed by atoms with Gasteiger partial charge < -0.3 is 0 Å². The second-order valence-corrected chi connectivity index (χ2v) is 3.39. The smallest absolute Gasteiger partial charge is 0.0133 e. The van der Waals surface area contributed by atoms with E-state index in [2.05, 4.69) is 55.0 Å². The molecule has 0 heteroatoms. The van der Waals surface area contributed by atoms with E-state index in [0.29, 0.717) is 0 Å². The van der Waals surface area contributed by atoms with E-state index in [1.807, 2.05) is 0 Å². The van der Waals surface area contributed by atoms with Gasteiger partial charge in [0.15, 0.2) is 0 Å². The predicted molar refractivity (Wildman–Crippen MR) is 63.9 cm³/mol. The summed E-state index contributed by atoms with van der Waals surface area (Å²) in [5.41, 5.74) is 0. The van der Waals surface area contributed by atoms with Crippen LogP contribution in [0.3, 0.4) is 0 Å². The highest BCUT2D eigenvalue weighted by atomic mass is 13.9. The van der Waals surface area contributed by atoms with Crippen LogP contribution in [0.2, 0.25) is 0 Å². The average Bonchev–Trinajstić information content (AvgIpc) is 2.22. The normalized spacial score (nSPS) is 28.6. The number of rotatable bonds is 0. The highest BCUT2D eigenvalue weighted by molar-refractivity contribution is 5.08. The average molecular weight is 187 g/mol. The Bertz CT molecular complexity index is 228. The van der Waals surface area contributed by atoms with Gasteiger partial charge in [-0.1, -0.05) is 48.6 Å². The van der Waals surface area contributed by atoms with Gasteiger partial charge in [-0.2, -0.15) is 0 Å². The van der Waals surface area contributed by atoms with Crippen LogP contribution in [0.15, 0.2) is 48.6 Å². The molecule has 0 saturated heterocycles. The summed E-state index contributed by atoms with van der Waals surface area (Å²) < 4.78 is 0. The third-order valence-electron chi connectivity index (χ3n) is 2.11. The Morgan fingerprint density at radius 3 is 2.29 bits per heavy atom. The summed E-state index contributed by atoms with van der Waals surface area (Å²) >= 11 is 0. The molecule has 0 aliphatic heterocycles. The Morgan fingerprint density at radius 1 is 0.571 bits per heavy atom. The minimum absolute atomic E-state index is 1.04. The van der Waals surface area contributed by atoms with Crippen molar-refractivity contribution in [2.45, 2.75) is 32.1 Å². The zero-order valence-corrected chi connectivity index (χ0v) is 8.73. The van der Waals surface area contributed by atoms with Gasteiger partial charge in [-0.15, -0.1) is 0 Å². The summed E-state index contributed by atoms with van der Waals surface area (Å²) in [5, 5.41) is 0. The van der Waals surface area contributed by atoms with Gasteiger partial charge >= 0.3 is 0 Å². The molecule has 1 rings (SSSR count). The van der Waals surface area contributed by atoms with Crippen LogP contribution >= 0.6 is 0 Å².